The summed E-state index contributed by atoms with van der Waals surface area (Å²) in [5.41, 5.74) is 0. The molecule has 0 aliphatic carbocycles. The molecule has 142 valence electrons. The molecule has 5 heteroatoms. The first-order valence-electron chi connectivity index (χ1n) is 9.72. The predicted molar refractivity (Wildman–Crippen MR) is 109 cm³/mol. The highest BCUT2D eigenvalue weighted by molar-refractivity contribution is 7.80. The Morgan fingerprint density at radius 1 is 0.917 bits per heavy atom. The van der Waals surface area contributed by atoms with E-state index in [1.807, 2.05) is 6.92 Å². The molecule has 0 aliphatic heterocycles. The van der Waals surface area contributed by atoms with Crippen LogP contribution in [-0.4, -0.2) is 32.4 Å². The zero-order valence-corrected chi connectivity index (χ0v) is 18.1. The SMILES string of the molecule is CCCCCCCC(=S)OCCC[Si](C)(C)OCCCC(=O)CC. The maximum Gasteiger partial charge on any atom is 0.186 e. The van der Waals surface area contributed by atoms with Gasteiger partial charge < -0.3 is 9.16 Å². The molecule has 0 amide bonds. The van der Waals surface area contributed by atoms with Crippen molar-refractivity contribution in [3.05, 3.63) is 0 Å². The summed E-state index contributed by atoms with van der Waals surface area (Å²) in [5, 5.41) is 0.768. The van der Waals surface area contributed by atoms with Crippen LogP contribution in [0.5, 0.6) is 0 Å². The van der Waals surface area contributed by atoms with Crippen molar-refractivity contribution in [3.63, 3.8) is 0 Å². The first-order valence-corrected chi connectivity index (χ1v) is 13.2. The zero-order valence-electron chi connectivity index (χ0n) is 16.3. The van der Waals surface area contributed by atoms with Crippen LogP contribution in [-0.2, 0) is 14.0 Å². The Labute approximate surface area is 156 Å². The summed E-state index contributed by atoms with van der Waals surface area (Å²) < 4.78 is 11.7. The molecule has 0 radical (unpaired) electrons. The fourth-order valence-corrected chi connectivity index (χ4v) is 4.56. The van der Waals surface area contributed by atoms with Crippen molar-refractivity contribution < 1.29 is 14.0 Å². The second kappa shape index (κ2) is 15.0. The molecular weight excluding hydrogens is 336 g/mol. The van der Waals surface area contributed by atoms with Crippen LogP contribution in [0.1, 0.15) is 78.1 Å². The zero-order chi connectivity index (χ0) is 18.3. The first-order chi connectivity index (χ1) is 11.4. The van der Waals surface area contributed by atoms with Crippen LogP contribution in [0.4, 0.5) is 0 Å². The van der Waals surface area contributed by atoms with Crippen molar-refractivity contribution in [2.75, 3.05) is 13.2 Å². The standard InChI is InChI=1S/C19H38O3SSi/c1-5-7-8-9-10-14-19(23)21-15-12-17-24(3,4)22-16-11-13-18(20)6-2/h5-17H2,1-4H3. The first kappa shape index (κ1) is 23.7. The molecule has 3 nitrogen and oxygen atoms in total. The number of hydrogen-bond donors (Lipinski definition) is 0. The topological polar surface area (TPSA) is 35.5 Å². The molecule has 0 unspecified atom stereocenters. The van der Waals surface area contributed by atoms with E-state index in [4.69, 9.17) is 21.4 Å². The average molecular weight is 375 g/mol. The lowest BCUT2D eigenvalue weighted by Crippen LogP contribution is -2.31. The van der Waals surface area contributed by atoms with Crippen LogP contribution in [0.25, 0.3) is 0 Å². The molecule has 0 N–H and O–H groups in total. The average Bonchev–Trinajstić information content (AvgIpc) is 2.55. The second-order valence-electron chi connectivity index (χ2n) is 7.09. The normalized spacial score (nSPS) is 11.5. The molecule has 0 saturated carbocycles. The quantitative estimate of drug-likeness (QED) is 0.187. The van der Waals surface area contributed by atoms with Gasteiger partial charge in [0.25, 0.3) is 0 Å². The van der Waals surface area contributed by atoms with E-state index >= 15 is 0 Å². The molecule has 24 heavy (non-hydrogen) atoms. The Bertz CT molecular complexity index is 346. The highest BCUT2D eigenvalue weighted by Crippen LogP contribution is 2.15. The third kappa shape index (κ3) is 15.3. The Hall–Kier alpha value is -0.263. The van der Waals surface area contributed by atoms with Crippen LogP contribution in [0, 0.1) is 0 Å². The number of rotatable bonds is 16. The van der Waals surface area contributed by atoms with Gasteiger partial charge in [-0.05, 0) is 50.6 Å². The van der Waals surface area contributed by atoms with Crippen molar-refractivity contribution >= 4 is 31.4 Å². The van der Waals surface area contributed by atoms with Crippen LogP contribution in [0.2, 0.25) is 19.1 Å². The fourth-order valence-electron chi connectivity index (χ4n) is 2.50. The van der Waals surface area contributed by atoms with E-state index in [0.29, 0.717) is 31.8 Å². The molecular formula is C19H38O3SSi. The van der Waals surface area contributed by atoms with Crippen LogP contribution in [0.3, 0.4) is 0 Å². The van der Waals surface area contributed by atoms with E-state index in [1.54, 1.807) is 0 Å². The maximum absolute atomic E-state index is 11.3. The van der Waals surface area contributed by atoms with Gasteiger partial charge >= 0.3 is 0 Å². The van der Waals surface area contributed by atoms with E-state index in [-0.39, 0.29) is 0 Å². The highest BCUT2D eigenvalue weighted by atomic mass is 32.1. The Morgan fingerprint density at radius 2 is 1.62 bits per heavy atom. The van der Waals surface area contributed by atoms with Crippen molar-refractivity contribution in [2.24, 2.45) is 0 Å². The summed E-state index contributed by atoms with van der Waals surface area (Å²) in [6.45, 7) is 10.0. The number of Topliss-reactive ketones (excluding diaryl/α,β-unsaturated/α-hetero) is 1. The summed E-state index contributed by atoms with van der Waals surface area (Å²) in [7, 11) is -1.63. The molecule has 0 fully saturated rings. The van der Waals surface area contributed by atoms with Crippen molar-refractivity contribution in [3.8, 4) is 0 Å². The van der Waals surface area contributed by atoms with Gasteiger partial charge in [-0.3, -0.25) is 4.79 Å². The van der Waals surface area contributed by atoms with Crippen molar-refractivity contribution in [2.45, 2.75) is 97.2 Å². The second-order valence-corrected chi connectivity index (χ2v) is 11.9. The molecule has 0 atom stereocenters. The molecule has 0 spiro atoms. The summed E-state index contributed by atoms with van der Waals surface area (Å²) in [6.07, 6.45) is 10.4. The van der Waals surface area contributed by atoms with Gasteiger partial charge in [0.1, 0.15) is 5.78 Å². The predicted octanol–water partition coefficient (Wildman–Crippen LogP) is 6.06. The van der Waals surface area contributed by atoms with E-state index in [2.05, 4.69) is 20.0 Å². The molecule has 0 aromatic carbocycles. The van der Waals surface area contributed by atoms with Gasteiger partial charge in [-0.15, -0.1) is 0 Å². The minimum atomic E-state index is -1.63. The molecule has 0 aromatic rings. The highest BCUT2D eigenvalue weighted by Gasteiger charge is 2.21. The summed E-state index contributed by atoms with van der Waals surface area (Å²) >= 11 is 5.29. The fraction of sp³-hybridized carbons (Fsp3) is 0.895. The van der Waals surface area contributed by atoms with Gasteiger partial charge in [0, 0.05) is 25.9 Å². The molecule has 0 aliphatic rings. The summed E-state index contributed by atoms with van der Waals surface area (Å²) in [4.78, 5) is 11.3. The lowest BCUT2D eigenvalue weighted by atomic mass is 10.1. The van der Waals surface area contributed by atoms with E-state index < -0.39 is 8.32 Å². The Morgan fingerprint density at radius 3 is 2.29 bits per heavy atom. The molecule has 0 rings (SSSR count). The molecule has 0 saturated heterocycles. The lowest BCUT2D eigenvalue weighted by molar-refractivity contribution is -0.119. The van der Waals surface area contributed by atoms with E-state index in [1.165, 1.54) is 25.7 Å². The molecule has 0 aromatic heterocycles. The number of carbonyl (C=O) groups excluding carboxylic acids is 1. The minimum absolute atomic E-state index is 0.328. The number of ether oxygens (including phenoxy) is 1. The minimum Gasteiger partial charge on any atom is -0.487 e. The van der Waals surface area contributed by atoms with E-state index in [9.17, 15) is 4.79 Å². The van der Waals surface area contributed by atoms with Gasteiger partial charge in [0.15, 0.2) is 13.4 Å². The van der Waals surface area contributed by atoms with Crippen LogP contribution in [0.15, 0.2) is 0 Å². The maximum atomic E-state index is 11.3. The van der Waals surface area contributed by atoms with Gasteiger partial charge in [0.2, 0.25) is 0 Å². The molecule has 0 heterocycles. The van der Waals surface area contributed by atoms with E-state index in [0.717, 1.165) is 36.8 Å². The summed E-state index contributed by atoms with van der Waals surface area (Å²) in [6, 6.07) is 1.08. The van der Waals surface area contributed by atoms with Crippen LogP contribution < -0.4 is 0 Å². The van der Waals surface area contributed by atoms with Gasteiger partial charge in [-0.25, -0.2) is 0 Å². The number of unbranched alkanes of at least 4 members (excludes halogenated alkanes) is 4. The number of carbonyl (C=O) groups is 1. The Balaban J connectivity index is 3.59. The molecule has 0 bridgehead atoms. The number of thiocarbonyl (C=S) groups is 1. The largest absolute Gasteiger partial charge is 0.487 e. The third-order valence-electron chi connectivity index (χ3n) is 4.16. The monoisotopic (exact) mass is 374 g/mol. The third-order valence-corrected chi connectivity index (χ3v) is 7.02. The smallest absolute Gasteiger partial charge is 0.186 e. The van der Waals surface area contributed by atoms with Gasteiger partial charge in [-0.2, -0.15) is 0 Å². The number of ketones is 1. The van der Waals surface area contributed by atoms with Crippen molar-refractivity contribution in [1.29, 1.82) is 0 Å². The lowest BCUT2D eigenvalue weighted by Gasteiger charge is -2.22. The van der Waals surface area contributed by atoms with Gasteiger partial charge in [-0.1, -0.05) is 39.5 Å². The summed E-state index contributed by atoms with van der Waals surface area (Å²) in [5.74, 6) is 0.328. The van der Waals surface area contributed by atoms with Crippen LogP contribution >= 0.6 is 12.2 Å². The Kier molecular flexibility index (Phi) is 14.9. The van der Waals surface area contributed by atoms with Gasteiger partial charge in [0.05, 0.1) is 6.61 Å². The van der Waals surface area contributed by atoms with Crippen molar-refractivity contribution in [1.82, 2.24) is 0 Å². The number of hydrogen-bond acceptors (Lipinski definition) is 4.